The van der Waals surface area contributed by atoms with Crippen LogP contribution in [0.4, 0.5) is 0 Å². The highest BCUT2D eigenvalue weighted by molar-refractivity contribution is 7.90. The molecule has 2 aromatic carbocycles. The number of hydrogen-bond acceptors (Lipinski definition) is 5. The summed E-state index contributed by atoms with van der Waals surface area (Å²) in [5, 5.41) is 4.53. The van der Waals surface area contributed by atoms with E-state index in [4.69, 9.17) is 16.3 Å². The molecule has 0 radical (unpaired) electrons. The van der Waals surface area contributed by atoms with Crippen LogP contribution in [0.25, 0.3) is 11.4 Å². The van der Waals surface area contributed by atoms with Crippen LogP contribution in [0.3, 0.4) is 0 Å². The number of hydrogen-bond donors (Lipinski definition) is 0. The first-order valence-electron chi connectivity index (χ1n) is 8.10. The lowest BCUT2D eigenvalue weighted by molar-refractivity contribution is 0.293. The molecule has 26 heavy (non-hydrogen) atoms. The van der Waals surface area contributed by atoms with Gasteiger partial charge in [-0.1, -0.05) is 53.5 Å². The molecule has 0 saturated carbocycles. The molecule has 0 aliphatic carbocycles. The van der Waals surface area contributed by atoms with Crippen molar-refractivity contribution < 1.29 is 13.2 Å². The summed E-state index contributed by atoms with van der Waals surface area (Å²) in [4.78, 5) is 4.35. The number of aromatic nitrogens is 3. The van der Waals surface area contributed by atoms with Crippen molar-refractivity contribution in [1.82, 2.24) is 14.2 Å². The zero-order chi connectivity index (χ0) is 18.7. The molecule has 136 valence electrons. The first kappa shape index (κ1) is 18.4. The van der Waals surface area contributed by atoms with E-state index in [-0.39, 0.29) is 16.7 Å². The summed E-state index contributed by atoms with van der Waals surface area (Å²) >= 11 is 5.86. The zero-order valence-electron chi connectivity index (χ0n) is 14.4. The van der Waals surface area contributed by atoms with Gasteiger partial charge >= 0.3 is 6.01 Å². The number of benzene rings is 2. The molecule has 0 fully saturated rings. The third-order valence-corrected chi connectivity index (χ3v) is 5.47. The molecule has 8 heteroatoms. The minimum absolute atomic E-state index is 0.0277. The van der Waals surface area contributed by atoms with Gasteiger partial charge in [-0.25, -0.2) is 0 Å². The molecule has 0 saturated heterocycles. The first-order chi connectivity index (χ1) is 12.4. The van der Waals surface area contributed by atoms with Crippen LogP contribution in [-0.4, -0.2) is 29.2 Å². The summed E-state index contributed by atoms with van der Waals surface area (Å²) in [6.07, 6.45) is 0.762. The molecule has 0 unspecified atom stereocenters. The van der Waals surface area contributed by atoms with Crippen molar-refractivity contribution in [3.05, 3.63) is 59.1 Å². The Balaban J connectivity index is 2.13. The topological polar surface area (TPSA) is 74.1 Å². The molecule has 0 aliphatic rings. The van der Waals surface area contributed by atoms with Gasteiger partial charge in [-0.15, -0.1) is 4.09 Å². The SMILES string of the molecule is CCCOc1nc(-c2ccc(C)cc2)n(S(=O)(=O)c2ccc(Cl)cc2)n1. The summed E-state index contributed by atoms with van der Waals surface area (Å²) in [5.41, 5.74) is 1.69. The van der Waals surface area contributed by atoms with E-state index >= 15 is 0 Å². The smallest absolute Gasteiger partial charge is 0.337 e. The molecule has 0 aliphatic heterocycles. The monoisotopic (exact) mass is 391 g/mol. The molecule has 3 rings (SSSR count). The van der Waals surface area contributed by atoms with Crippen LogP contribution in [0.1, 0.15) is 18.9 Å². The Morgan fingerprint density at radius 3 is 2.35 bits per heavy atom. The highest BCUT2D eigenvalue weighted by atomic mass is 35.5. The summed E-state index contributed by atoms with van der Waals surface area (Å²) < 4.78 is 32.5. The van der Waals surface area contributed by atoms with Crippen LogP contribution < -0.4 is 4.74 Å². The average Bonchev–Trinajstić information content (AvgIpc) is 3.06. The van der Waals surface area contributed by atoms with Crippen LogP contribution in [0, 0.1) is 6.92 Å². The summed E-state index contributed by atoms with van der Waals surface area (Å²) in [6.45, 7) is 4.30. The Morgan fingerprint density at radius 2 is 1.73 bits per heavy atom. The summed E-state index contributed by atoms with van der Waals surface area (Å²) in [7, 11) is -3.94. The van der Waals surface area contributed by atoms with Gasteiger partial charge in [-0.05, 0) is 37.6 Å². The largest absolute Gasteiger partial charge is 0.462 e. The van der Waals surface area contributed by atoms with E-state index in [1.54, 1.807) is 12.1 Å². The third kappa shape index (κ3) is 3.73. The van der Waals surface area contributed by atoms with Crippen LogP contribution in [-0.2, 0) is 10.0 Å². The molecule has 0 N–H and O–H groups in total. The molecule has 3 aromatic rings. The molecule has 1 heterocycles. The quantitative estimate of drug-likeness (QED) is 0.636. The Labute approximate surface area is 157 Å². The second-order valence-electron chi connectivity index (χ2n) is 5.73. The molecule has 0 atom stereocenters. The maximum Gasteiger partial charge on any atom is 0.337 e. The van der Waals surface area contributed by atoms with E-state index in [9.17, 15) is 8.42 Å². The van der Waals surface area contributed by atoms with E-state index in [0.29, 0.717) is 17.2 Å². The van der Waals surface area contributed by atoms with Gasteiger partial charge in [0.1, 0.15) is 0 Å². The summed E-state index contributed by atoms with van der Waals surface area (Å²) in [5.74, 6) is 0.200. The second kappa shape index (κ2) is 7.47. The maximum atomic E-state index is 13.1. The van der Waals surface area contributed by atoms with Crippen molar-refractivity contribution in [3.8, 4) is 17.4 Å². The fraction of sp³-hybridized carbons (Fsp3) is 0.222. The molecule has 1 aromatic heterocycles. The van der Waals surface area contributed by atoms with Gasteiger partial charge in [0.2, 0.25) is 0 Å². The van der Waals surface area contributed by atoms with E-state index in [0.717, 1.165) is 16.1 Å². The lowest BCUT2D eigenvalue weighted by Gasteiger charge is -2.07. The predicted molar refractivity (Wildman–Crippen MR) is 100 cm³/mol. The molecule has 0 bridgehead atoms. The van der Waals surface area contributed by atoms with E-state index < -0.39 is 10.0 Å². The van der Waals surface area contributed by atoms with Gasteiger partial charge in [0.15, 0.2) is 5.82 Å². The first-order valence-corrected chi connectivity index (χ1v) is 9.91. The molecule has 6 nitrogen and oxygen atoms in total. The van der Waals surface area contributed by atoms with Crippen LogP contribution in [0.2, 0.25) is 5.02 Å². The minimum atomic E-state index is -3.94. The van der Waals surface area contributed by atoms with Crippen molar-refractivity contribution >= 4 is 21.6 Å². The van der Waals surface area contributed by atoms with Crippen molar-refractivity contribution in [2.24, 2.45) is 0 Å². The van der Waals surface area contributed by atoms with Gasteiger partial charge < -0.3 is 4.74 Å². The number of halogens is 1. The fourth-order valence-corrected chi connectivity index (χ4v) is 3.64. The van der Waals surface area contributed by atoms with E-state index in [1.807, 2.05) is 26.0 Å². The van der Waals surface area contributed by atoms with Crippen molar-refractivity contribution in [1.29, 1.82) is 0 Å². The Hall–Kier alpha value is -2.38. The standard InChI is InChI=1S/C18H18ClN3O3S/c1-3-12-25-18-20-17(14-6-4-13(2)5-7-14)22(21-18)26(23,24)16-10-8-15(19)9-11-16/h4-11H,3,12H2,1-2H3. The van der Waals surface area contributed by atoms with E-state index in [1.165, 1.54) is 24.3 Å². The average molecular weight is 392 g/mol. The number of nitrogens with zero attached hydrogens (tertiary/aromatic N) is 3. The molecule has 0 spiro atoms. The van der Waals surface area contributed by atoms with E-state index in [2.05, 4.69) is 10.1 Å². The Kier molecular flexibility index (Phi) is 5.29. The molecule has 0 amide bonds. The van der Waals surface area contributed by atoms with Gasteiger partial charge in [0.05, 0.1) is 11.5 Å². The van der Waals surface area contributed by atoms with Crippen molar-refractivity contribution in [2.45, 2.75) is 25.2 Å². The summed E-state index contributed by atoms with van der Waals surface area (Å²) in [6, 6.07) is 13.3. The highest BCUT2D eigenvalue weighted by Crippen LogP contribution is 2.25. The van der Waals surface area contributed by atoms with Crippen LogP contribution in [0.5, 0.6) is 6.01 Å². The Bertz CT molecular complexity index is 997. The maximum absolute atomic E-state index is 13.1. The Morgan fingerprint density at radius 1 is 1.08 bits per heavy atom. The van der Waals surface area contributed by atoms with Gasteiger partial charge in [0.25, 0.3) is 10.0 Å². The van der Waals surface area contributed by atoms with Crippen molar-refractivity contribution in [3.63, 3.8) is 0 Å². The molecular formula is C18H18ClN3O3S. The fourth-order valence-electron chi connectivity index (χ4n) is 2.29. The van der Waals surface area contributed by atoms with Crippen molar-refractivity contribution in [2.75, 3.05) is 6.61 Å². The lowest BCUT2D eigenvalue weighted by atomic mass is 10.1. The van der Waals surface area contributed by atoms with Gasteiger partial charge in [-0.2, -0.15) is 13.4 Å². The number of rotatable bonds is 6. The number of ether oxygens (including phenoxy) is 1. The zero-order valence-corrected chi connectivity index (χ0v) is 16.0. The van der Waals surface area contributed by atoms with Crippen LogP contribution >= 0.6 is 11.6 Å². The normalized spacial score (nSPS) is 11.5. The second-order valence-corrected chi connectivity index (χ2v) is 7.94. The number of aryl methyl sites for hydroxylation is 1. The van der Waals surface area contributed by atoms with Crippen LogP contribution in [0.15, 0.2) is 53.4 Å². The minimum Gasteiger partial charge on any atom is -0.462 e. The van der Waals surface area contributed by atoms with Gasteiger partial charge in [0, 0.05) is 10.6 Å². The lowest BCUT2D eigenvalue weighted by Crippen LogP contribution is -2.16. The third-order valence-electron chi connectivity index (χ3n) is 3.64. The highest BCUT2D eigenvalue weighted by Gasteiger charge is 2.25. The molecular weight excluding hydrogens is 374 g/mol. The predicted octanol–water partition coefficient (Wildman–Crippen LogP) is 3.93. The van der Waals surface area contributed by atoms with Gasteiger partial charge in [-0.3, -0.25) is 0 Å².